The van der Waals surface area contributed by atoms with E-state index in [-0.39, 0.29) is 18.3 Å². The summed E-state index contributed by atoms with van der Waals surface area (Å²) in [6, 6.07) is 20.4. The number of para-hydroxylation sites is 1. The molecule has 1 aliphatic heterocycles. The molecule has 1 aliphatic rings. The maximum absolute atomic E-state index is 12.8. The molecule has 122 valence electrons. The number of nitrogens with zero attached hydrogens (tertiary/aromatic N) is 1. The van der Waals surface area contributed by atoms with Gasteiger partial charge in [0, 0.05) is 18.2 Å². The maximum atomic E-state index is 12.8. The molecule has 0 spiro atoms. The molecular formula is C19H23ClN2O. The molecule has 1 fully saturated rings. The molecule has 0 radical (unpaired) electrons. The average molecular weight is 331 g/mol. The zero-order valence-electron chi connectivity index (χ0n) is 13.2. The number of benzene rings is 2. The van der Waals surface area contributed by atoms with Crippen molar-refractivity contribution in [3.05, 3.63) is 66.2 Å². The van der Waals surface area contributed by atoms with Gasteiger partial charge in [-0.05, 0) is 37.1 Å². The fourth-order valence-corrected chi connectivity index (χ4v) is 2.95. The van der Waals surface area contributed by atoms with Crippen LogP contribution in [0.1, 0.15) is 24.8 Å². The van der Waals surface area contributed by atoms with Crippen molar-refractivity contribution in [1.82, 2.24) is 5.32 Å². The Hall–Kier alpha value is -1.84. The van der Waals surface area contributed by atoms with E-state index in [2.05, 4.69) is 17.4 Å². The van der Waals surface area contributed by atoms with E-state index in [0.29, 0.717) is 19.0 Å². The highest BCUT2D eigenvalue weighted by Crippen LogP contribution is 2.20. The minimum atomic E-state index is 0. The van der Waals surface area contributed by atoms with Crippen LogP contribution in [0.15, 0.2) is 60.7 Å². The van der Waals surface area contributed by atoms with Gasteiger partial charge in [0.25, 0.3) is 0 Å². The van der Waals surface area contributed by atoms with E-state index in [1.54, 1.807) is 0 Å². The van der Waals surface area contributed by atoms with E-state index in [0.717, 1.165) is 24.2 Å². The Kier molecular flexibility index (Phi) is 6.63. The highest BCUT2D eigenvalue weighted by Gasteiger charge is 2.22. The van der Waals surface area contributed by atoms with Gasteiger partial charge >= 0.3 is 0 Å². The lowest BCUT2D eigenvalue weighted by Gasteiger charge is -2.24. The molecule has 1 heterocycles. The molecule has 1 saturated heterocycles. The van der Waals surface area contributed by atoms with E-state index >= 15 is 0 Å². The van der Waals surface area contributed by atoms with Crippen LogP contribution >= 0.6 is 12.4 Å². The van der Waals surface area contributed by atoms with Gasteiger partial charge in [0.05, 0.1) is 6.54 Å². The van der Waals surface area contributed by atoms with Gasteiger partial charge in [0.15, 0.2) is 0 Å². The molecule has 1 amide bonds. The van der Waals surface area contributed by atoms with Crippen molar-refractivity contribution in [1.29, 1.82) is 0 Å². The Labute approximate surface area is 144 Å². The minimum absolute atomic E-state index is 0. The van der Waals surface area contributed by atoms with E-state index in [1.807, 2.05) is 53.4 Å². The normalized spacial score (nSPS) is 16.6. The second-order valence-corrected chi connectivity index (χ2v) is 5.80. The van der Waals surface area contributed by atoms with Crippen molar-refractivity contribution >= 4 is 24.0 Å². The van der Waals surface area contributed by atoms with Gasteiger partial charge in [-0.2, -0.15) is 0 Å². The summed E-state index contributed by atoms with van der Waals surface area (Å²) in [6.45, 7) is 1.65. The Morgan fingerprint density at radius 3 is 2.30 bits per heavy atom. The number of nitrogens with one attached hydrogen (secondary N) is 1. The molecule has 0 saturated carbocycles. The summed E-state index contributed by atoms with van der Waals surface area (Å²) in [7, 11) is 0. The number of rotatable bonds is 5. The van der Waals surface area contributed by atoms with Crippen molar-refractivity contribution in [2.45, 2.75) is 31.8 Å². The molecule has 0 aromatic heterocycles. The third-order valence-electron chi connectivity index (χ3n) is 4.14. The molecule has 1 atom stereocenters. The van der Waals surface area contributed by atoms with E-state index < -0.39 is 0 Å². The Balaban J connectivity index is 0.00000192. The predicted molar refractivity (Wildman–Crippen MR) is 97.0 cm³/mol. The summed E-state index contributed by atoms with van der Waals surface area (Å²) in [5, 5.41) is 3.41. The smallest absolute Gasteiger partial charge is 0.228 e. The third-order valence-corrected chi connectivity index (χ3v) is 4.14. The Morgan fingerprint density at radius 2 is 1.70 bits per heavy atom. The van der Waals surface area contributed by atoms with Gasteiger partial charge in [-0.25, -0.2) is 0 Å². The lowest BCUT2D eigenvalue weighted by atomic mass is 10.1. The van der Waals surface area contributed by atoms with Gasteiger partial charge in [-0.15, -0.1) is 12.4 Å². The molecular weight excluding hydrogens is 308 g/mol. The third kappa shape index (κ3) is 4.81. The zero-order chi connectivity index (χ0) is 15.2. The predicted octanol–water partition coefficient (Wildman–Crippen LogP) is 3.78. The van der Waals surface area contributed by atoms with Gasteiger partial charge in [-0.3, -0.25) is 4.79 Å². The van der Waals surface area contributed by atoms with Crippen molar-refractivity contribution in [2.24, 2.45) is 0 Å². The number of halogens is 1. The topological polar surface area (TPSA) is 32.3 Å². The van der Waals surface area contributed by atoms with Crippen LogP contribution in [0.3, 0.4) is 0 Å². The van der Waals surface area contributed by atoms with Crippen LogP contribution in [-0.2, 0) is 11.3 Å². The summed E-state index contributed by atoms with van der Waals surface area (Å²) in [4.78, 5) is 14.7. The highest BCUT2D eigenvalue weighted by molar-refractivity contribution is 5.93. The first-order valence-electron chi connectivity index (χ1n) is 7.95. The molecule has 1 N–H and O–H groups in total. The minimum Gasteiger partial charge on any atom is -0.313 e. The summed E-state index contributed by atoms with van der Waals surface area (Å²) >= 11 is 0. The number of anilines is 1. The molecule has 4 heteroatoms. The van der Waals surface area contributed by atoms with E-state index in [9.17, 15) is 4.79 Å². The van der Waals surface area contributed by atoms with Crippen molar-refractivity contribution in [3.8, 4) is 0 Å². The van der Waals surface area contributed by atoms with Gasteiger partial charge in [0.2, 0.25) is 5.91 Å². The van der Waals surface area contributed by atoms with Gasteiger partial charge < -0.3 is 10.2 Å². The SMILES string of the molecule is Cl.O=C(CC1CCCN1)N(Cc1ccccc1)c1ccccc1. The molecule has 1 unspecified atom stereocenters. The molecule has 0 bridgehead atoms. The standard InChI is InChI=1S/C19H22N2O.ClH/c22-19(14-17-10-7-13-20-17)21(18-11-5-2-6-12-18)15-16-8-3-1-4-9-16;/h1-6,8-9,11-12,17,20H,7,10,13-15H2;1H. The van der Waals surface area contributed by atoms with Crippen LogP contribution in [0.4, 0.5) is 5.69 Å². The number of hydrogen-bond acceptors (Lipinski definition) is 2. The lowest BCUT2D eigenvalue weighted by molar-refractivity contribution is -0.119. The van der Waals surface area contributed by atoms with Gasteiger partial charge in [-0.1, -0.05) is 48.5 Å². The quantitative estimate of drug-likeness (QED) is 0.904. The number of amides is 1. The fraction of sp³-hybridized carbons (Fsp3) is 0.316. The van der Waals surface area contributed by atoms with Crippen LogP contribution in [0.5, 0.6) is 0 Å². The first-order valence-corrected chi connectivity index (χ1v) is 7.95. The fourth-order valence-electron chi connectivity index (χ4n) is 2.95. The monoisotopic (exact) mass is 330 g/mol. The molecule has 2 aromatic carbocycles. The number of hydrogen-bond donors (Lipinski definition) is 1. The summed E-state index contributed by atoms with van der Waals surface area (Å²) < 4.78 is 0. The van der Waals surface area contributed by atoms with Crippen molar-refractivity contribution in [3.63, 3.8) is 0 Å². The van der Waals surface area contributed by atoms with Crippen LogP contribution in [-0.4, -0.2) is 18.5 Å². The van der Waals surface area contributed by atoms with Crippen molar-refractivity contribution in [2.75, 3.05) is 11.4 Å². The molecule has 0 aliphatic carbocycles. The molecule has 3 nitrogen and oxygen atoms in total. The second-order valence-electron chi connectivity index (χ2n) is 5.80. The van der Waals surface area contributed by atoms with E-state index in [1.165, 1.54) is 6.42 Å². The Bertz CT molecular complexity index is 597. The van der Waals surface area contributed by atoms with Crippen LogP contribution in [0.25, 0.3) is 0 Å². The zero-order valence-corrected chi connectivity index (χ0v) is 14.0. The first kappa shape index (κ1) is 17.5. The molecule has 2 aromatic rings. The van der Waals surface area contributed by atoms with Crippen molar-refractivity contribution < 1.29 is 4.79 Å². The lowest BCUT2D eigenvalue weighted by Crippen LogP contribution is -2.35. The molecule has 23 heavy (non-hydrogen) atoms. The summed E-state index contributed by atoms with van der Waals surface area (Å²) in [5.74, 6) is 0.189. The van der Waals surface area contributed by atoms with Crippen LogP contribution < -0.4 is 10.2 Å². The van der Waals surface area contributed by atoms with Crippen LogP contribution in [0, 0.1) is 0 Å². The highest BCUT2D eigenvalue weighted by atomic mass is 35.5. The summed E-state index contributed by atoms with van der Waals surface area (Å²) in [6.07, 6.45) is 2.84. The largest absolute Gasteiger partial charge is 0.313 e. The maximum Gasteiger partial charge on any atom is 0.228 e. The molecule has 3 rings (SSSR count). The van der Waals surface area contributed by atoms with E-state index in [4.69, 9.17) is 0 Å². The Morgan fingerprint density at radius 1 is 1.04 bits per heavy atom. The average Bonchev–Trinajstić information content (AvgIpc) is 3.07. The number of carbonyl (C=O) groups excluding carboxylic acids is 1. The van der Waals surface area contributed by atoms with Crippen LogP contribution in [0.2, 0.25) is 0 Å². The van der Waals surface area contributed by atoms with Gasteiger partial charge in [0.1, 0.15) is 0 Å². The number of carbonyl (C=O) groups is 1. The second kappa shape index (κ2) is 8.70. The summed E-state index contributed by atoms with van der Waals surface area (Å²) in [5.41, 5.74) is 2.12. The first-order chi connectivity index (χ1) is 10.8.